The van der Waals surface area contributed by atoms with E-state index >= 15 is 0 Å². The Kier molecular flexibility index (Phi) is 8.29. The molecule has 0 aliphatic carbocycles. The van der Waals surface area contributed by atoms with Crippen LogP contribution in [-0.2, 0) is 24.1 Å². The Hall–Kier alpha value is -2.60. The van der Waals surface area contributed by atoms with Crippen molar-refractivity contribution < 1.29 is 14.9 Å². The van der Waals surface area contributed by atoms with E-state index in [1.807, 2.05) is 30.4 Å². The number of phenolic OH excluding ortho intramolecular Hbond substituents is 2. The molecule has 31 heavy (non-hydrogen) atoms. The van der Waals surface area contributed by atoms with Gasteiger partial charge in [0.15, 0.2) is 0 Å². The first-order chi connectivity index (χ1) is 15.0. The van der Waals surface area contributed by atoms with Gasteiger partial charge in [0.2, 0.25) is 0 Å². The van der Waals surface area contributed by atoms with Crippen LogP contribution in [0, 0.1) is 0 Å². The molecule has 5 heteroatoms. The standard InChI is InChI=1S/C26H34N2O3/c1-4-6-20-8-9-25(29)23(17-20)24-18-21(7-5-2)16-22(26(24)30)19-28-12-10-27(11-13-28)14-15-31-3/h4-5,8-9,16-18,29-30H,1-2,6-7,10-15,19H2,3H3. The Labute approximate surface area is 185 Å². The predicted octanol–water partition coefficient (Wildman–Crippen LogP) is 3.99. The molecule has 3 rings (SSSR count). The zero-order chi connectivity index (χ0) is 22.2. The van der Waals surface area contributed by atoms with Crippen LogP contribution in [0.1, 0.15) is 16.7 Å². The van der Waals surface area contributed by atoms with Crippen molar-refractivity contribution in [1.29, 1.82) is 0 Å². The maximum atomic E-state index is 11.2. The zero-order valence-electron chi connectivity index (χ0n) is 18.5. The summed E-state index contributed by atoms with van der Waals surface area (Å²) in [6.45, 7) is 13.9. The van der Waals surface area contributed by atoms with Crippen LogP contribution in [0.25, 0.3) is 11.1 Å². The monoisotopic (exact) mass is 422 g/mol. The van der Waals surface area contributed by atoms with Gasteiger partial charge < -0.3 is 14.9 Å². The highest BCUT2D eigenvalue weighted by Gasteiger charge is 2.20. The van der Waals surface area contributed by atoms with E-state index in [-0.39, 0.29) is 11.5 Å². The van der Waals surface area contributed by atoms with Gasteiger partial charge in [0.25, 0.3) is 0 Å². The Bertz CT molecular complexity index is 902. The average molecular weight is 423 g/mol. The fourth-order valence-electron chi connectivity index (χ4n) is 4.10. The third kappa shape index (κ3) is 5.97. The van der Waals surface area contributed by atoms with Crippen molar-refractivity contribution in [2.24, 2.45) is 0 Å². The summed E-state index contributed by atoms with van der Waals surface area (Å²) in [7, 11) is 1.73. The van der Waals surface area contributed by atoms with Crippen molar-refractivity contribution in [2.45, 2.75) is 19.4 Å². The Balaban J connectivity index is 1.87. The molecule has 1 saturated heterocycles. The van der Waals surface area contributed by atoms with Crippen LogP contribution in [0.4, 0.5) is 0 Å². The molecule has 166 valence electrons. The predicted molar refractivity (Wildman–Crippen MR) is 127 cm³/mol. The quantitative estimate of drug-likeness (QED) is 0.567. The van der Waals surface area contributed by atoms with E-state index in [1.165, 1.54) is 0 Å². The minimum absolute atomic E-state index is 0.163. The van der Waals surface area contributed by atoms with Crippen LogP contribution >= 0.6 is 0 Å². The summed E-state index contributed by atoms with van der Waals surface area (Å²) in [6.07, 6.45) is 5.11. The van der Waals surface area contributed by atoms with Crippen LogP contribution in [0.15, 0.2) is 55.6 Å². The topological polar surface area (TPSA) is 56.2 Å². The number of nitrogens with zero attached hydrogens (tertiary/aromatic N) is 2. The number of rotatable bonds is 10. The van der Waals surface area contributed by atoms with Crippen LogP contribution in [-0.4, -0.2) is 66.5 Å². The second kappa shape index (κ2) is 11.1. The lowest BCUT2D eigenvalue weighted by molar-refractivity contribution is 0.0934. The molecule has 1 aliphatic rings. The molecular weight excluding hydrogens is 388 g/mol. The number of benzene rings is 2. The van der Waals surface area contributed by atoms with Crippen LogP contribution in [0.2, 0.25) is 0 Å². The maximum absolute atomic E-state index is 11.2. The lowest BCUT2D eigenvalue weighted by Gasteiger charge is -2.34. The number of phenols is 2. The fraction of sp³-hybridized carbons (Fsp3) is 0.385. The van der Waals surface area contributed by atoms with Crippen molar-refractivity contribution in [1.82, 2.24) is 9.80 Å². The molecule has 0 amide bonds. The third-order valence-corrected chi connectivity index (χ3v) is 5.83. The first-order valence-corrected chi connectivity index (χ1v) is 10.9. The number of piperazine rings is 1. The number of aromatic hydroxyl groups is 2. The number of hydrogen-bond donors (Lipinski definition) is 2. The SMILES string of the molecule is C=CCc1ccc(O)c(-c2cc(CC=C)cc(CN3CCN(CCOC)CC3)c2O)c1. The molecule has 2 aromatic rings. The highest BCUT2D eigenvalue weighted by molar-refractivity contribution is 5.78. The molecule has 0 bridgehead atoms. The van der Waals surface area contributed by atoms with E-state index in [4.69, 9.17) is 4.74 Å². The summed E-state index contributed by atoms with van der Waals surface area (Å²) in [6, 6.07) is 9.52. The van der Waals surface area contributed by atoms with E-state index < -0.39 is 0 Å². The van der Waals surface area contributed by atoms with Gasteiger partial charge in [-0.15, -0.1) is 13.2 Å². The second-order valence-corrected chi connectivity index (χ2v) is 8.10. The molecule has 2 aromatic carbocycles. The Morgan fingerprint density at radius 1 is 0.903 bits per heavy atom. The third-order valence-electron chi connectivity index (χ3n) is 5.83. The molecule has 1 heterocycles. The van der Waals surface area contributed by atoms with Gasteiger partial charge in [-0.3, -0.25) is 9.80 Å². The van der Waals surface area contributed by atoms with E-state index in [0.29, 0.717) is 30.5 Å². The van der Waals surface area contributed by atoms with Crippen molar-refractivity contribution in [3.05, 3.63) is 72.3 Å². The summed E-state index contributed by atoms with van der Waals surface area (Å²) in [5, 5.41) is 21.7. The lowest BCUT2D eigenvalue weighted by atomic mass is 9.94. The highest BCUT2D eigenvalue weighted by Crippen LogP contribution is 2.39. The molecular formula is C26H34N2O3. The minimum atomic E-state index is 0.163. The van der Waals surface area contributed by atoms with Crippen LogP contribution in [0.5, 0.6) is 11.5 Å². The van der Waals surface area contributed by atoms with Crippen molar-refractivity contribution in [2.75, 3.05) is 46.4 Å². The summed E-state index contributed by atoms with van der Waals surface area (Å²) in [5.41, 5.74) is 4.31. The molecule has 2 N–H and O–H groups in total. The lowest BCUT2D eigenvalue weighted by Crippen LogP contribution is -2.46. The molecule has 0 aromatic heterocycles. The van der Waals surface area contributed by atoms with E-state index in [2.05, 4.69) is 29.0 Å². The van der Waals surface area contributed by atoms with Gasteiger partial charge in [-0.2, -0.15) is 0 Å². The average Bonchev–Trinajstić information content (AvgIpc) is 2.77. The van der Waals surface area contributed by atoms with E-state index in [1.54, 1.807) is 13.2 Å². The molecule has 0 unspecified atom stereocenters. The molecule has 0 atom stereocenters. The van der Waals surface area contributed by atoms with Crippen LogP contribution in [0.3, 0.4) is 0 Å². The highest BCUT2D eigenvalue weighted by atomic mass is 16.5. The van der Waals surface area contributed by atoms with Gasteiger partial charge in [0, 0.05) is 63.1 Å². The van der Waals surface area contributed by atoms with Crippen molar-refractivity contribution >= 4 is 0 Å². The fourth-order valence-corrected chi connectivity index (χ4v) is 4.10. The van der Waals surface area contributed by atoms with Gasteiger partial charge in [-0.1, -0.05) is 24.3 Å². The minimum Gasteiger partial charge on any atom is -0.507 e. The summed E-state index contributed by atoms with van der Waals surface area (Å²) < 4.78 is 5.19. The second-order valence-electron chi connectivity index (χ2n) is 8.10. The van der Waals surface area contributed by atoms with Gasteiger partial charge in [0.1, 0.15) is 11.5 Å². The molecule has 0 saturated carbocycles. The van der Waals surface area contributed by atoms with Crippen LogP contribution < -0.4 is 0 Å². The summed E-state index contributed by atoms with van der Waals surface area (Å²) in [5.74, 6) is 0.400. The summed E-state index contributed by atoms with van der Waals surface area (Å²) in [4.78, 5) is 4.77. The normalized spacial score (nSPS) is 15.1. The Morgan fingerprint density at radius 3 is 2.23 bits per heavy atom. The van der Waals surface area contributed by atoms with Gasteiger partial charge in [-0.05, 0) is 42.2 Å². The number of methoxy groups -OCH3 is 1. The summed E-state index contributed by atoms with van der Waals surface area (Å²) >= 11 is 0. The number of hydrogen-bond acceptors (Lipinski definition) is 5. The molecule has 1 fully saturated rings. The zero-order valence-corrected chi connectivity index (χ0v) is 18.5. The number of ether oxygens (including phenoxy) is 1. The Morgan fingerprint density at radius 2 is 1.55 bits per heavy atom. The maximum Gasteiger partial charge on any atom is 0.128 e. The van der Waals surface area contributed by atoms with Crippen molar-refractivity contribution in [3.8, 4) is 22.6 Å². The van der Waals surface area contributed by atoms with E-state index in [0.717, 1.165) is 56.0 Å². The molecule has 1 aliphatic heterocycles. The largest absolute Gasteiger partial charge is 0.507 e. The molecule has 0 radical (unpaired) electrons. The first-order valence-electron chi connectivity index (χ1n) is 10.9. The van der Waals surface area contributed by atoms with Gasteiger partial charge in [0.05, 0.1) is 6.61 Å². The molecule has 0 spiro atoms. The molecule has 5 nitrogen and oxygen atoms in total. The smallest absolute Gasteiger partial charge is 0.128 e. The van der Waals surface area contributed by atoms with Gasteiger partial charge in [-0.25, -0.2) is 0 Å². The van der Waals surface area contributed by atoms with E-state index in [9.17, 15) is 10.2 Å². The number of allylic oxidation sites excluding steroid dienone is 2. The first kappa shape index (κ1) is 23.1. The van der Waals surface area contributed by atoms with Gasteiger partial charge >= 0.3 is 0 Å². The van der Waals surface area contributed by atoms with Crippen molar-refractivity contribution in [3.63, 3.8) is 0 Å².